The van der Waals surface area contributed by atoms with Crippen LogP contribution in [0.15, 0.2) is 35.1 Å². The molecule has 6 nitrogen and oxygen atoms in total. The normalized spacial score (nSPS) is 17.6. The van der Waals surface area contributed by atoms with Gasteiger partial charge in [-0.25, -0.2) is 9.48 Å². The minimum absolute atomic E-state index is 0.281. The third kappa shape index (κ3) is 1.90. The standard InChI is InChI=1S/C13H14N4O2S/c1-3-8-10(12(18)19-2)11(9-5-4-6-20-9)17-13(16-8)14-7-15-17/h4-7,11H,3H2,1-2H3,(H,14,15,16). The number of anilines is 1. The van der Waals surface area contributed by atoms with Crippen molar-refractivity contribution in [2.24, 2.45) is 0 Å². The van der Waals surface area contributed by atoms with Gasteiger partial charge >= 0.3 is 5.97 Å². The first kappa shape index (κ1) is 12.9. The van der Waals surface area contributed by atoms with Crippen LogP contribution in [-0.2, 0) is 9.53 Å². The summed E-state index contributed by atoms with van der Waals surface area (Å²) in [4.78, 5) is 17.4. The number of carbonyl (C=O) groups is 1. The van der Waals surface area contributed by atoms with Gasteiger partial charge in [0.15, 0.2) is 0 Å². The van der Waals surface area contributed by atoms with E-state index in [-0.39, 0.29) is 12.0 Å². The van der Waals surface area contributed by atoms with Crippen LogP contribution in [0, 0.1) is 0 Å². The number of nitrogens with zero attached hydrogens (tertiary/aromatic N) is 3. The summed E-state index contributed by atoms with van der Waals surface area (Å²) in [6.45, 7) is 1.99. The summed E-state index contributed by atoms with van der Waals surface area (Å²) >= 11 is 1.58. The van der Waals surface area contributed by atoms with Crippen LogP contribution in [0.2, 0.25) is 0 Å². The Balaban J connectivity index is 2.19. The monoisotopic (exact) mass is 290 g/mol. The minimum Gasteiger partial charge on any atom is -0.466 e. The van der Waals surface area contributed by atoms with E-state index in [1.807, 2.05) is 24.4 Å². The lowest BCUT2D eigenvalue weighted by atomic mass is 10.00. The maximum atomic E-state index is 12.2. The summed E-state index contributed by atoms with van der Waals surface area (Å²) in [7, 11) is 1.39. The first-order valence-electron chi connectivity index (χ1n) is 6.27. The number of rotatable bonds is 3. The van der Waals surface area contributed by atoms with Crippen LogP contribution in [0.1, 0.15) is 24.3 Å². The van der Waals surface area contributed by atoms with Crippen molar-refractivity contribution in [1.29, 1.82) is 0 Å². The third-order valence-corrected chi connectivity index (χ3v) is 4.18. The number of ether oxygens (including phenoxy) is 1. The summed E-state index contributed by atoms with van der Waals surface area (Å²) in [6.07, 6.45) is 2.18. The van der Waals surface area contributed by atoms with Gasteiger partial charge < -0.3 is 10.1 Å². The van der Waals surface area contributed by atoms with Crippen LogP contribution in [0.25, 0.3) is 0 Å². The smallest absolute Gasteiger partial charge is 0.338 e. The molecule has 0 amide bonds. The van der Waals surface area contributed by atoms with Gasteiger partial charge in [0.1, 0.15) is 12.4 Å². The molecule has 20 heavy (non-hydrogen) atoms. The predicted molar refractivity (Wildman–Crippen MR) is 75.4 cm³/mol. The van der Waals surface area contributed by atoms with Gasteiger partial charge in [-0.05, 0) is 17.9 Å². The van der Waals surface area contributed by atoms with E-state index in [4.69, 9.17) is 4.74 Å². The number of hydrogen-bond donors (Lipinski definition) is 1. The molecule has 0 saturated heterocycles. The molecule has 3 heterocycles. The number of aromatic nitrogens is 3. The van der Waals surface area contributed by atoms with Crippen LogP contribution < -0.4 is 5.32 Å². The number of carbonyl (C=O) groups excluding carboxylic acids is 1. The molecule has 0 fully saturated rings. The average Bonchev–Trinajstić information content (AvgIpc) is 3.15. The van der Waals surface area contributed by atoms with Crippen molar-refractivity contribution in [3.8, 4) is 0 Å². The molecule has 1 atom stereocenters. The molecule has 0 saturated carbocycles. The summed E-state index contributed by atoms with van der Waals surface area (Å²) in [5.41, 5.74) is 1.42. The van der Waals surface area contributed by atoms with E-state index in [0.29, 0.717) is 17.9 Å². The van der Waals surface area contributed by atoms with Crippen LogP contribution in [0.4, 0.5) is 5.95 Å². The van der Waals surface area contributed by atoms with Gasteiger partial charge in [-0.15, -0.1) is 11.3 Å². The highest BCUT2D eigenvalue weighted by atomic mass is 32.1. The molecule has 1 unspecified atom stereocenters. The van der Waals surface area contributed by atoms with E-state index in [2.05, 4.69) is 15.4 Å². The van der Waals surface area contributed by atoms with Crippen LogP contribution in [0.3, 0.4) is 0 Å². The van der Waals surface area contributed by atoms with Crippen molar-refractivity contribution in [3.63, 3.8) is 0 Å². The summed E-state index contributed by atoms with van der Waals surface area (Å²) < 4.78 is 6.67. The van der Waals surface area contributed by atoms with Crippen molar-refractivity contribution >= 4 is 23.3 Å². The van der Waals surface area contributed by atoms with E-state index in [1.54, 1.807) is 16.0 Å². The summed E-state index contributed by atoms with van der Waals surface area (Å²) in [6, 6.07) is 3.66. The maximum Gasteiger partial charge on any atom is 0.338 e. The van der Waals surface area contributed by atoms with Gasteiger partial charge in [0.25, 0.3) is 0 Å². The van der Waals surface area contributed by atoms with Gasteiger partial charge in [-0.3, -0.25) is 0 Å². The predicted octanol–water partition coefficient (Wildman–Crippen LogP) is 2.19. The Morgan fingerprint density at radius 3 is 3.10 bits per heavy atom. The highest BCUT2D eigenvalue weighted by Crippen LogP contribution is 2.37. The second-order valence-electron chi connectivity index (χ2n) is 4.31. The number of fused-ring (bicyclic) bond motifs is 1. The number of thiophene rings is 1. The molecular weight excluding hydrogens is 276 g/mol. The Hall–Kier alpha value is -2.15. The summed E-state index contributed by atoms with van der Waals surface area (Å²) in [5, 5.41) is 9.37. The first-order valence-corrected chi connectivity index (χ1v) is 7.15. The largest absolute Gasteiger partial charge is 0.466 e. The maximum absolute atomic E-state index is 12.2. The van der Waals surface area contributed by atoms with Gasteiger partial charge in [-0.2, -0.15) is 10.1 Å². The molecule has 1 aliphatic rings. The molecule has 0 spiro atoms. The van der Waals surface area contributed by atoms with E-state index in [9.17, 15) is 4.79 Å². The molecule has 3 rings (SSSR count). The molecule has 1 N–H and O–H groups in total. The number of nitrogens with one attached hydrogen (secondary N) is 1. The third-order valence-electron chi connectivity index (χ3n) is 3.25. The number of hydrogen-bond acceptors (Lipinski definition) is 6. The zero-order valence-electron chi connectivity index (χ0n) is 11.2. The second kappa shape index (κ2) is 5.09. The number of methoxy groups -OCH3 is 1. The quantitative estimate of drug-likeness (QED) is 0.878. The van der Waals surface area contributed by atoms with Gasteiger partial charge in [-0.1, -0.05) is 13.0 Å². The fourth-order valence-corrected chi connectivity index (χ4v) is 3.17. The Kier molecular flexibility index (Phi) is 3.27. The van der Waals surface area contributed by atoms with Crippen molar-refractivity contribution in [3.05, 3.63) is 40.0 Å². The molecule has 2 aromatic rings. The van der Waals surface area contributed by atoms with E-state index in [1.165, 1.54) is 13.4 Å². The molecule has 0 aliphatic carbocycles. The zero-order valence-corrected chi connectivity index (χ0v) is 12.0. The van der Waals surface area contributed by atoms with E-state index in [0.717, 1.165) is 10.6 Å². The van der Waals surface area contributed by atoms with Gasteiger partial charge in [0.05, 0.1) is 12.7 Å². The Labute approximate surface area is 120 Å². The molecule has 104 valence electrons. The second-order valence-corrected chi connectivity index (χ2v) is 5.29. The Morgan fingerprint density at radius 2 is 2.45 bits per heavy atom. The lowest BCUT2D eigenvalue weighted by Crippen LogP contribution is -2.29. The van der Waals surface area contributed by atoms with Crippen molar-refractivity contribution in [2.75, 3.05) is 12.4 Å². The zero-order chi connectivity index (χ0) is 14.1. The van der Waals surface area contributed by atoms with Crippen molar-refractivity contribution in [2.45, 2.75) is 19.4 Å². The average molecular weight is 290 g/mol. The Bertz CT molecular complexity index is 660. The SMILES string of the molecule is CCC1=C(C(=O)OC)C(c2cccs2)n2ncnc2N1. The number of esters is 1. The molecule has 1 aliphatic heterocycles. The van der Waals surface area contributed by atoms with E-state index < -0.39 is 0 Å². The van der Waals surface area contributed by atoms with Gasteiger partial charge in [0, 0.05) is 10.6 Å². The number of allylic oxidation sites excluding steroid dienone is 1. The first-order chi connectivity index (χ1) is 9.76. The van der Waals surface area contributed by atoms with Crippen molar-refractivity contribution < 1.29 is 9.53 Å². The molecule has 7 heteroatoms. The van der Waals surface area contributed by atoms with E-state index >= 15 is 0 Å². The molecule has 0 aromatic carbocycles. The van der Waals surface area contributed by atoms with Crippen molar-refractivity contribution in [1.82, 2.24) is 14.8 Å². The molecule has 0 bridgehead atoms. The van der Waals surface area contributed by atoms with Crippen LogP contribution >= 0.6 is 11.3 Å². The van der Waals surface area contributed by atoms with Crippen LogP contribution in [0.5, 0.6) is 0 Å². The fourth-order valence-electron chi connectivity index (χ4n) is 2.35. The topological polar surface area (TPSA) is 69.0 Å². The highest BCUT2D eigenvalue weighted by Gasteiger charge is 2.35. The fraction of sp³-hybridized carbons (Fsp3) is 0.308. The lowest BCUT2D eigenvalue weighted by Gasteiger charge is -2.27. The van der Waals surface area contributed by atoms with Gasteiger partial charge in [0.2, 0.25) is 5.95 Å². The Morgan fingerprint density at radius 1 is 1.60 bits per heavy atom. The lowest BCUT2D eigenvalue weighted by molar-refractivity contribution is -0.136. The molecule has 0 radical (unpaired) electrons. The summed E-state index contributed by atoms with van der Waals surface area (Å²) in [5.74, 6) is 0.307. The highest BCUT2D eigenvalue weighted by molar-refractivity contribution is 7.10. The molecular formula is C13H14N4O2S. The van der Waals surface area contributed by atoms with Crippen LogP contribution in [-0.4, -0.2) is 27.8 Å². The molecule has 2 aromatic heterocycles. The minimum atomic E-state index is -0.339.